The molecule has 31 heavy (non-hydrogen) atoms. The van der Waals surface area contributed by atoms with Crippen molar-refractivity contribution in [3.63, 3.8) is 0 Å². The van der Waals surface area contributed by atoms with Gasteiger partial charge in [0.1, 0.15) is 11.2 Å². The van der Waals surface area contributed by atoms with Crippen LogP contribution in [-0.2, 0) is 9.31 Å². The molecule has 2 aromatic rings. The van der Waals surface area contributed by atoms with Crippen LogP contribution in [0.25, 0.3) is 33.3 Å². The summed E-state index contributed by atoms with van der Waals surface area (Å²) in [6, 6.07) is 13.1. The van der Waals surface area contributed by atoms with Gasteiger partial charge in [-0.05, 0) is 45.3 Å². The minimum atomic E-state index is -0.525. The van der Waals surface area contributed by atoms with Gasteiger partial charge in [0.25, 0.3) is 0 Å². The van der Waals surface area contributed by atoms with E-state index in [1.54, 1.807) is 0 Å². The minimum absolute atomic E-state index is 0.116. The zero-order valence-electron chi connectivity index (χ0n) is 18.6. The molecule has 0 spiro atoms. The summed E-state index contributed by atoms with van der Waals surface area (Å²) in [5, 5.41) is 1.33. The Bertz CT molecular complexity index is 1350. The second kappa shape index (κ2) is 6.61. The molecule has 6 nitrogen and oxygen atoms in total. The largest absolute Gasteiger partial charge is 0.494 e. The van der Waals surface area contributed by atoms with Crippen molar-refractivity contribution in [1.82, 2.24) is 4.98 Å². The molecule has 154 valence electrons. The summed E-state index contributed by atoms with van der Waals surface area (Å²) in [4.78, 5) is 17.8. The minimum Gasteiger partial charge on any atom is -0.472 e. The fourth-order valence-electron chi connectivity index (χ4n) is 3.88. The van der Waals surface area contributed by atoms with Crippen LogP contribution in [-0.4, -0.2) is 39.3 Å². The first-order valence-corrected chi connectivity index (χ1v) is 10.4. The molecule has 2 aliphatic heterocycles. The van der Waals surface area contributed by atoms with Crippen LogP contribution in [0.4, 0.5) is 5.69 Å². The van der Waals surface area contributed by atoms with Crippen molar-refractivity contribution in [1.29, 1.82) is 0 Å². The van der Waals surface area contributed by atoms with Crippen LogP contribution in [0.1, 0.15) is 27.7 Å². The maximum atomic E-state index is 12.9. The molecule has 9 heteroatoms. The van der Waals surface area contributed by atoms with E-state index in [-0.39, 0.29) is 5.43 Å². The van der Waals surface area contributed by atoms with Gasteiger partial charge in [0.05, 0.1) is 11.2 Å². The second-order valence-corrected chi connectivity index (χ2v) is 9.38. The number of benzene rings is 3. The molecule has 0 amide bonds. The van der Waals surface area contributed by atoms with Gasteiger partial charge >= 0.3 is 7.12 Å². The van der Waals surface area contributed by atoms with Gasteiger partial charge in [0.15, 0.2) is 16.8 Å². The van der Waals surface area contributed by atoms with Gasteiger partial charge < -0.3 is 18.4 Å². The summed E-state index contributed by atoms with van der Waals surface area (Å²) in [5.41, 5.74) is 2.87. The quantitative estimate of drug-likeness (QED) is 0.284. The van der Waals surface area contributed by atoms with Gasteiger partial charge in [0.2, 0.25) is 16.0 Å². The molecule has 0 unspecified atom stereocenters. The average Bonchev–Trinajstić information content (AvgIpc) is 2.93. The van der Waals surface area contributed by atoms with E-state index >= 15 is 0 Å². The van der Waals surface area contributed by atoms with Crippen LogP contribution in [0, 0.1) is 0 Å². The Morgan fingerprint density at radius 3 is 2.32 bits per heavy atom. The van der Waals surface area contributed by atoms with E-state index < -0.39 is 18.3 Å². The van der Waals surface area contributed by atoms with Crippen LogP contribution >= 0.6 is 0 Å². The van der Waals surface area contributed by atoms with E-state index in [4.69, 9.17) is 18.7 Å². The number of fused-ring (bicyclic) bond motifs is 4. The predicted octanol–water partition coefficient (Wildman–Crippen LogP) is 1.65. The second-order valence-electron chi connectivity index (χ2n) is 9.38. The normalized spacial score (nSPS) is 17.6. The zero-order chi connectivity index (χ0) is 22.1. The van der Waals surface area contributed by atoms with Crippen LogP contribution < -0.4 is 15.6 Å². The number of hydrogen-bond acceptors (Lipinski definition) is 6. The van der Waals surface area contributed by atoms with Crippen molar-refractivity contribution in [2.24, 2.45) is 0 Å². The molecule has 0 radical (unpaired) electrons. The Morgan fingerprint density at radius 1 is 0.935 bits per heavy atom. The summed E-state index contributed by atoms with van der Waals surface area (Å²) in [6.45, 7) is 8.05. The standard InChI is InChI=1S/C22H23B3N2O4/c1-21(2)22(3,4)31-25(30-21)12-5-7-14-15(9-12)17(28)11-19-20(14)26-16-8-6-13(27(23)24)10-18(16)29-19/h5-11H,23-24H2,1-4H3. The van der Waals surface area contributed by atoms with Gasteiger partial charge in [-0.15, -0.1) is 0 Å². The van der Waals surface area contributed by atoms with Gasteiger partial charge in [-0.1, -0.05) is 18.2 Å². The number of nitrogens with zero attached hydrogens (tertiary/aromatic N) is 2. The topological polar surface area (TPSA) is 64.8 Å². The Labute approximate surface area is 182 Å². The van der Waals surface area contributed by atoms with Gasteiger partial charge in [0, 0.05) is 28.6 Å². The van der Waals surface area contributed by atoms with E-state index in [9.17, 15) is 4.79 Å². The molecule has 0 saturated carbocycles. The average molecular weight is 412 g/mol. The van der Waals surface area contributed by atoms with Crippen molar-refractivity contribution >= 4 is 56.1 Å². The van der Waals surface area contributed by atoms with E-state index in [0.29, 0.717) is 22.4 Å². The van der Waals surface area contributed by atoms with E-state index in [0.717, 1.165) is 22.1 Å². The van der Waals surface area contributed by atoms with Crippen LogP contribution in [0.2, 0.25) is 0 Å². The molecule has 0 atom stereocenters. The SMILES string of the molecule is BN(B)c1ccc2nc3c4ccc(B5OC(C)(C)C(C)(C)O5)cc4c(=O)cc-3oc2c1. The van der Waals surface area contributed by atoms with E-state index in [1.807, 2.05) is 84.8 Å². The Kier molecular flexibility index (Phi) is 4.30. The molecular formula is C22H23B3N2O4. The lowest BCUT2D eigenvalue weighted by Crippen LogP contribution is -2.41. The van der Waals surface area contributed by atoms with Crippen molar-refractivity contribution < 1.29 is 13.7 Å². The molecule has 0 N–H and O–H groups in total. The molecular weight excluding hydrogens is 389 g/mol. The molecule has 5 rings (SSSR count). The van der Waals surface area contributed by atoms with Gasteiger partial charge in [-0.2, -0.15) is 0 Å². The first-order chi connectivity index (χ1) is 14.6. The van der Waals surface area contributed by atoms with Crippen molar-refractivity contribution in [2.75, 3.05) is 4.72 Å². The third-order valence-electron chi connectivity index (χ3n) is 6.50. The molecule has 0 bridgehead atoms. The summed E-state index contributed by atoms with van der Waals surface area (Å²) in [7, 11) is 3.41. The van der Waals surface area contributed by atoms with E-state index in [2.05, 4.69) is 0 Å². The summed E-state index contributed by atoms with van der Waals surface area (Å²) < 4.78 is 20.4. The molecule has 1 saturated heterocycles. The highest BCUT2D eigenvalue weighted by atomic mass is 16.7. The number of rotatable bonds is 2. The number of anilines is 1. The Hall–Kier alpha value is -2.77. The zero-order valence-corrected chi connectivity index (χ0v) is 18.6. The smallest absolute Gasteiger partial charge is 0.472 e. The molecule has 2 heterocycles. The maximum Gasteiger partial charge on any atom is 0.494 e. The monoisotopic (exact) mass is 412 g/mol. The van der Waals surface area contributed by atoms with Gasteiger partial charge in [-0.25, -0.2) is 4.98 Å². The highest BCUT2D eigenvalue weighted by molar-refractivity contribution is 6.62. The highest BCUT2D eigenvalue weighted by Crippen LogP contribution is 2.37. The molecule has 1 fully saturated rings. The number of hydrogen-bond donors (Lipinski definition) is 0. The lowest BCUT2D eigenvalue weighted by Gasteiger charge is -2.32. The van der Waals surface area contributed by atoms with Gasteiger partial charge in [-0.3, -0.25) is 4.79 Å². The Morgan fingerprint density at radius 2 is 1.65 bits per heavy atom. The predicted molar refractivity (Wildman–Crippen MR) is 130 cm³/mol. The van der Waals surface area contributed by atoms with Crippen LogP contribution in [0.15, 0.2) is 51.7 Å². The van der Waals surface area contributed by atoms with Crippen LogP contribution in [0.3, 0.4) is 0 Å². The van der Waals surface area contributed by atoms with E-state index in [1.165, 1.54) is 6.07 Å². The number of aromatic nitrogens is 1. The summed E-state index contributed by atoms with van der Waals surface area (Å²) in [6.07, 6.45) is 0. The fourth-order valence-corrected chi connectivity index (χ4v) is 3.88. The lowest BCUT2D eigenvalue weighted by atomic mass is 9.78. The molecule has 2 aromatic carbocycles. The first kappa shape index (κ1) is 20.2. The van der Waals surface area contributed by atoms with Crippen molar-refractivity contribution in [3.8, 4) is 11.5 Å². The summed E-state index contributed by atoms with van der Waals surface area (Å²) in [5.74, 6) is 0.476. The Balaban J connectivity index is 1.66. The lowest BCUT2D eigenvalue weighted by molar-refractivity contribution is 0.00578. The maximum absolute atomic E-state index is 12.9. The van der Waals surface area contributed by atoms with Crippen molar-refractivity contribution in [2.45, 2.75) is 38.9 Å². The fraction of sp³-hybridized carbons (Fsp3) is 0.273. The highest BCUT2D eigenvalue weighted by Gasteiger charge is 2.51. The molecule has 1 aliphatic carbocycles. The summed E-state index contributed by atoms with van der Waals surface area (Å²) >= 11 is 0. The molecule has 3 aliphatic rings. The van der Waals surface area contributed by atoms with Crippen LogP contribution in [0.5, 0.6) is 0 Å². The third-order valence-corrected chi connectivity index (χ3v) is 6.50. The molecule has 0 aromatic heterocycles. The third kappa shape index (κ3) is 3.15. The first-order valence-electron chi connectivity index (χ1n) is 10.4. The van der Waals surface area contributed by atoms with Crippen molar-refractivity contribution in [3.05, 3.63) is 52.7 Å².